The van der Waals surface area contributed by atoms with Crippen molar-refractivity contribution >= 4 is 12.2 Å². The molecule has 0 radical (unpaired) electrons. The van der Waals surface area contributed by atoms with E-state index in [1.165, 1.54) is 5.56 Å². The normalized spacial score (nSPS) is 10.3. The molecule has 3 nitrogen and oxygen atoms in total. The molecule has 16 heavy (non-hydrogen) atoms. The van der Waals surface area contributed by atoms with Crippen molar-refractivity contribution in [3.8, 4) is 5.75 Å². The van der Waals surface area contributed by atoms with Gasteiger partial charge in [0.15, 0.2) is 4.77 Å². The monoisotopic (exact) mass is 234 g/mol. The maximum atomic E-state index is 5.30. The predicted molar refractivity (Wildman–Crippen MR) is 66.3 cm³/mol. The Morgan fingerprint density at radius 3 is 2.88 bits per heavy atom. The summed E-state index contributed by atoms with van der Waals surface area (Å²) in [7, 11) is 1.70. The Kier molecular flexibility index (Phi) is 3.41. The third-order valence-corrected chi connectivity index (χ3v) is 2.89. The molecule has 0 aliphatic heterocycles. The number of hydrogen-bond acceptors (Lipinski definition) is 2. The van der Waals surface area contributed by atoms with Gasteiger partial charge in [0, 0.05) is 18.9 Å². The van der Waals surface area contributed by atoms with Gasteiger partial charge < -0.3 is 14.3 Å². The van der Waals surface area contributed by atoms with Gasteiger partial charge in [-0.1, -0.05) is 18.2 Å². The number of hydrogen-bond donors (Lipinski definition) is 1. The molecule has 0 bridgehead atoms. The lowest BCUT2D eigenvalue weighted by Crippen LogP contribution is -2.01. The van der Waals surface area contributed by atoms with Crippen LogP contribution >= 0.6 is 12.2 Å². The number of ether oxygens (including phenoxy) is 1. The summed E-state index contributed by atoms with van der Waals surface area (Å²) in [5.41, 5.74) is 1.20. The zero-order valence-electron chi connectivity index (χ0n) is 9.14. The Hall–Kier alpha value is -1.55. The lowest BCUT2D eigenvalue weighted by atomic mass is 10.1. The van der Waals surface area contributed by atoms with Crippen LogP contribution in [0.5, 0.6) is 5.75 Å². The number of benzene rings is 1. The Labute approximate surface area is 99.7 Å². The molecular formula is C12H14N2OS. The highest BCUT2D eigenvalue weighted by Gasteiger charge is 2.01. The van der Waals surface area contributed by atoms with E-state index in [2.05, 4.69) is 11.1 Å². The van der Waals surface area contributed by atoms with Crippen LogP contribution in [0.4, 0.5) is 0 Å². The molecule has 0 atom stereocenters. The number of nitrogens with one attached hydrogen (secondary N) is 1. The first-order valence-corrected chi connectivity index (χ1v) is 5.58. The Morgan fingerprint density at radius 2 is 2.19 bits per heavy atom. The minimum absolute atomic E-state index is 0.759. The molecule has 1 aromatic carbocycles. The summed E-state index contributed by atoms with van der Waals surface area (Å²) in [4.78, 5) is 2.98. The maximum Gasteiger partial charge on any atom is 0.177 e. The highest BCUT2D eigenvalue weighted by atomic mass is 32.1. The number of methoxy groups -OCH3 is 1. The van der Waals surface area contributed by atoms with Gasteiger partial charge >= 0.3 is 0 Å². The summed E-state index contributed by atoms with van der Waals surface area (Å²) in [6.45, 7) is 0.864. The number of H-pyrrole nitrogens is 1. The van der Waals surface area contributed by atoms with Crippen LogP contribution in [0.2, 0.25) is 0 Å². The highest BCUT2D eigenvalue weighted by Crippen LogP contribution is 2.18. The van der Waals surface area contributed by atoms with Gasteiger partial charge in [-0.2, -0.15) is 0 Å². The Bertz CT molecular complexity index is 515. The van der Waals surface area contributed by atoms with E-state index < -0.39 is 0 Å². The van der Waals surface area contributed by atoms with Crippen molar-refractivity contribution in [1.29, 1.82) is 0 Å². The van der Waals surface area contributed by atoms with Crippen LogP contribution in [-0.2, 0) is 13.0 Å². The molecule has 0 amide bonds. The van der Waals surface area contributed by atoms with Crippen molar-refractivity contribution in [2.45, 2.75) is 13.0 Å². The van der Waals surface area contributed by atoms with Gasteiger partial charge in [0.2, 0.25) is 0 Å². The number of imidazole rings is 1. The molecule has 0 spiro atoms. The van der Waals surface area contributed by atoms with E-state index in [9.17, 15) is 0 Å². The van der Waals surface area contributed by atoms with Crippen molar-refractivity contribution < 1.29 is 4.74 Å². The molecule has 0 saturated carbocycles. The van der Waals surface area contributed by atoms with Crippen molar-refractivity contribution in [2.75, 3.05) is 7.11 Å². The predicted octanol–water partition coefficient (Wildman–Crippen LogP) is 2.80. The van der Waals surface area contributed by atoms with Gasteiger partial charge in [-0.3, -0.25) is 0 Å². The molecule has 0 fully saturated rings. The molecule has 0 aliphatic carbocycles. The standard InChI is InChI=1S/C12H14N2OS/c1-15-11-5-3-2-4-10(11)6-8-14-9-7-13-12(14)16/h2-5,7,9H,6,8H2,1H3,(H,13,16). The van der Waals surface area contributed by atoms with Gasteiger partial charge in [0.05, 0.1) is 7.11 Å². The minimum Gasteiger partial charge on any atom is -0.496 e. The molecule has 2 rings (SSSR count). The molecule has 0 aliphatic rings. The second kappa shape index (κ2) is 4.99. The van der Waals surface area contributed by atoms with E-state index in [-0.39, 0.29) is 0 Å². The average Bonchev–Trinajstić information content (AvgIpc) is 2.72. The van der Waals surface area contributed by atoms with Crippen molar-refractivity contribution in [3.05, 3.63) is 47.0 Å². The van der Waals surface area contributed by atoms with Gasteiger partial charge in [0.1, 0.15) is 5.75 Å². The quantitative estimate of drug-likeness (QED) is 0.824. The Balaban J connectivity index is 2.10. The molecule has 0 unspecified atom stereocenters. The summed E-state index contributed by atoms with van der Waals surface area (Å²) in [5, 5.41) is 0. The number of aromatic nitrogens is 2. The number of nitrogens with zero attached hydrogens (tertiary/aromatic N) is 1. The van der Waals surface area contributed by atoms with Gasteiger partial charge in [0.25, 0.3) is 0 Å². The van der Waals surface area contributed by atoms with Crippen molar-refractivity contribution in [3.63, 3.8) is 0 Å². The number of aryl methyl sites for hydroxylation is 2. The first-order valence-electron chi connectivity index (χ1n) is 5.17. The molecule has 4 heteroatoms. The minimum atomic E-state index is 0.759. The van der Waals surface area contributed by atoms with Crippen molar-refractivity contribution in [2.24, 2.45) is 0 Å². The topological polar surface area (TPSA) is 29.9 Å². The van der Waals surface area contributed by atoms with E-state index in [0.717, 1.165) is 23.5 Å². The first-order chi connectivity index (χ1) is 7.81. The van der Waals surface area contributed by atoms with Crippen LogP contribution in [0, 0.1) is 4.77 Å². The van der Waals surface area contributed by atoms with Gasteiger partial charge in [-0.25, -0.2) is 0 Å². The fraction of sp³-hybridized carbons (Fsp3) is 0.250. The average molecular weight is 234 g/mol. The SMILES string of the molecule is COc1ccccc1CCn1cc[nH]c1=S. The summed E-state index contributed by atoms with van der Waals surface area (Å²) in [6.07, 6.45) is 4.72. The smallest absolute Gasteiger partial charge is 0.177 e. The number of rotatable bonds is 4. The van der Waals surface area contributed by atoms with Crippen LogP contribution in [0.1, 0.15) is 5.56 Å². The third-order valence-electron chi connectivity index (χ3n) is 2.54. The molecule has 1 N–H and O–H groups in total. The fourth-order valence-corrected chi connectivity index (χ4v) is 1.90. The fourth-order valence-electron chi connectivity index (χ4n) is 1.68. The maximum absolute atomic E-state index is 5.30. The zero-order valence-corrected chi connectivity index (χ0v) is 9.96. The van der Waals surface area contributed by atoms with Crippen molar-refractivity contribution in [1.82, 2.24) is 9.55 Å². The summed E-state index contributed by atoms with van der Waals surface area (Å²) in [5.74, 6) is 0.935. The summed E-state index contributed by atoms with van der Waals surface area (Å²) >= 11 is 5.14. The second-order valence-corrected chi connectivity index (χ2v) is 3.91. The third kappa shape index (κ3) is 2.33. The largest absolute Gasteiger partial charge is 0.496 e. The molecule has 84 valence electrons. The van der Waals surface area contributed by atoms with E-state index in [1.807, 2.05) is 35.2 Å². The summed E-state index contributed by atoms with van der Waals surface area (Å²) < 4.78 is 8.08. The van der Waals surface area contributed by atoms with E-state index in [0.29, 0.717) is 0 Å². The van der Waals surface area contributed by atoms with E-state index >= 15 is 0 Å². The van der Waals surface area contributed by atoms with Crippen LogP contribution in [0.3, 0.4) is 0 Å². The Morgan fingerprint density at radius 1 is 1.38 bits per heavy atom. The van der Waals surface area contributed by atoms with Crippen LogP contribution in [0.15, 0.2) is 36.7 Å². The zero-order chi connectivity index (χ0) is 11.4. The van der Waals surface area contributed by atoms with Gasteiger partial charge in [-0.15, -0.1) is 0 Å². The van der Waals surface area contributed by atoms with Gasteiger partial charge in [-0.05, 0) is 30.3 Å². The highest BCUT2D eigenvalue weighted by molar-refractivity contribution is 7.71. The van der Waals surface area contributed by atoms with Crippen LogP contribution in [-0.4, -0.2) is 16.7 Å². The lowest BCUT2D eigenvalue weighted by Gasteiger charge is -2.08. The molecular weight excluding hydrogens is 220 g/mol. The lowest BCUT2D eigenvalue weighted by molar-refractivity contribution is 0.408. The second-order valence-electron chi connectivity index (χ2n) is 3.52. The molecule has 0 saturated heterocycles. The molecule has 1 heterocycles. The van der Waals surface area contributed by atoms with E-state index in [4.69, 9.17) is 17.0 Å². The van der Waals surface area contributed by atoms with Crippen LogP contribution < -0.4 is 4.74 Å². The van der Waals surface area contributed by atoms with Crippen LogP contribution in [0.25, 0.3) is 0 Å². The molecule has 2 aromatic rings. The number of aromatic amines is 1. The van der Waals surface area contributed by atoms with E-state index in [1.54, 1.807) is 7.11 Å². The first kappa shape index (κ1) is 11.0. The summed E-state index contributed by atoms with van der Waals surface area (Å²) in [6, 6.07) is 8.05. The molecule has 1 aromatic heterocycles. The number of para-hydroxylation sites is 1.